The molecule has 1 aliphatic rings. The minimum Gasteiger partial charge on any atom is -0.368 e. The summed E-state index contributed by atoms with van der Waals surface area (Å²) < 4.78 is 26.4. The average molecular weight is 394 g/mol. The Kier molecular flexibility index (Phi) is 5.37. The highest BCUT2D eigenvalue weighted by molar-refractivity contribution is 6.04. The lowest BCUT2D eigenvalue weighted by atomic mass is 10.2. The van der Waals surface area contributed by atoms with E-state index >= 15 is 0 Å². The molecule has 1 aromatic heterocycles. The van der Waals surface area contributed by atoms with Crippen molar-refractivity contribution in [3.05, 3.63) is 84.2 Å². The number of carbonyl (C=O) groups excluding carboxylic acids is 1. The zero-order chi connectivity index (χ0) is 20.2. The largest absolute Gasteiger partial charge is 0.368 e. The molecule has 1 amide bonds. The molecule has 1 saturated heterocycles. The van der Waals surface area contributed by atoms with Gasteiger partial charge in [-0.05, 0) is 48.5 Å². The van der Waals surface area contributed by atoms with Gasteiger partial charge in [-0.1, -0.05) is 6.07 Å². The Morgan fingerprint density at radius 1 is 0.828 bits per heavy atom. The van der Waals surface area contributed by atoms with E-state index in [1.54, 1.807) is 36.5 Å². The predicted molar refractivity (Wildman–Crippen MR) is 109 cm³/mol. The Morgan fingerprint density at radius 2 is 1.52 bits per heavy atom. The number of halogens is 2. The number of amides is 1. The number of hydrogen-bond donors (Lipinski definition) is 1. The van der Waals surface area contributed by atoms with Crippen LogP contribution < -0.4 is 15.1 Å². The molecule has 29 heavy (non-hydrogen) atoms. The Bertz CT molecular complexity index is 1000. The third kappa shape index (κ3) is 4.51. The highest BCUT2D eigenvalue weighted by Crippen LogP contribution is 2.21. The fourth-order valence-electron chi connectivity index (χ4n) is 3.37. The first-order valence-electron chi connectivity index (χ1n) is 9.36. The molecule has 1 aliphatic heterocycles. The summed E-state index contributed by atoms with van der Waals surface area (Å²) in [6, 6.07) is 14.0. The summed E-state index contributed by atoms with van der Waals surface area (Å²) in [7, 11) is 0. The topological polar surface area (TPSA) is 48.5 Å². The van der Waals surface area contributed by atoms with Crippen molar-refractivity contribution in [2.24, 2.45) is 0 Å². The van der Waals surface area contributed by atoms with Gasteiger partial charge in [0.2, 0.25) is 0 Å². The summed E-state index contributed by atoms with van der Waals surface area (Å²) in [5.74, 6) is -0.990. The molecule has 0 unspecified atom stereocenters. The number of carbonyl (C=O) groups is 1. The fraction of sp³-hybridized carbons (Fsp3) is 0.182. The average Bonchev–Trinajstić information content (AvgIpc) is 2.74. The van der Waals surface area contributed by atoms with Crippen molar-refractivity contribution in [2.75, 3.05) is 41.3 Å². The predicted octanol–water partition coefficient (Wildman–Crippen LogP) is 3.94. The second-order valence-corrected chi connectivity index (χ2v) is 6.85. The summed E-state index contributed by atoms with van der Waals surface area (Å²) in [6.45, 7) is 3.08. The number of nitrogens with zero attached hydrogens (tertiary/aromatic N) is 3. The number of hydrogen-bond acceptors (Lipinski definition) is 4. The van der Waals surface area contributed by atoms with Gasteiger partial charge in [0.25, 0.3) is 5.91 Å². The Balaban J connectivity index is 1.41. The monoisotopic (exact) mass is 394 g/mol. The summed E-state index contributed by atoms with van der Waals surface area (Å²) in [6.07, 6.45) is 3.22. The fourth-order valence-corrected chi connectivity index (χ4v) is 3.37. The molecule has 3 aromatic rings. The van der Waals surface area contributed by atoms with Crippen LogP contribution in [-0.4, -0.2) is 37.1 Å². The summed E-state index contributed by atoms with van der Waals surface area (Å²) in [4.78, 5) is 21.0. The zero-order valence-corrected chi connectivity index (χ0v) is 15.7. The molecular formula is C22H20F2N4O. The molecule has 2 aromatic carbocycles. The van der Waals surface area contributed by atoms with Gasteiger partial charge in [-0.15, -0.1) is 0 Å². The molecule has 1 fully saturated rings. The summed E-state index contributed by atoms with van der Waals surface area (Å²) in [5.41, 5.74) is 2.66. The quantitative estimate of drug-likeness (QED) is 0.728. The van der Waals surface area contributed by atoms with Gasteiger partial charge >= 0.3 is 0 Å². The molecule has 0 bridgehead atoms. The molecule has 0 atom stereocenters. The van der Waals surface area contributed by atoms with Crippen LogP contribution in [0.4, 0.5) is 25.8 Å². The van der Waals surface area contributed by atoms with E-state index in [-0.39, 0.29) is 11.7 Å². The zero-order valence-electron chi connectivity index (χ0n) is 15.7. The van der Waals surface area contributed by atoms with Gasteiger partial charge in [-0.25, -0.2) is 8.78 Å². The maximum atomic E-state index is 13.3. The van der Waals surface area contributed by atoms with Crippen LogP contribution in [0.3, 0.4) is 0 Å². The Labute approximate surface area is 167 Å². The van der Waals surface area contributed by atoms with Crippen LogP contribution in [0.5, 0.6) is 0 Å². The number of pyridine rings is 1. The van der Waals surface area contributed by atoms with E-state index in [9.17, 15) is 13.6 Å². The molecule has 148 valence electrons. The lowest BCUT2D eigenvalue weighted by Gasteiger charge is -2.37. The highest BCUT2D eigenvalue weighted by Gasteiger charge is 2.19. The van der Waals surface area contributed by atoms with E-state index in [0.29, 0.717) is 11.3 Å². The lowest BCUT2D eigenvalue weighted by molar-refractivity contribution is 0.102. The van der Waals surface area contributed by atoms with Gasteiger partial charge in [0.15, 0.2) is 0 Å². The third-order valence-corrected chi connectivity index (χ3v) is 4.91. The first-order chi connectivity index (χ1) is 14.1. The number of rotatable bonds is 4. The normalized spacial score (nSPS) is 14.0. The lowest BCUT2D eigenvalue weighted by Crippen LogP contribution is -2.46. The molecule has 0 spiro atoms. The summed E-state index contributed by atoms with van der Waals surface area (Å²) >= 11 is 0. The van der Waals surface area contributed by atoms with Crippen molar-refractivity contribution >= 4 is 23.0 Å². The van der Waals surface area contributed by atoms with Crippen molar-refractivity contribution in [3.8, 4) is 0 Å². The first-order valence-corrected chi connectivity index (χ1v) is 9.36. The molecule has 5 nitrogen and oxygen atoms in total. The SMILES string of the molecule is O=C(Nc1cccc(F)c1)c1cncc(N2CCN(c3ccc(F)cc3)CC2)c1. The van der Waals surface area contributed by atoms with Crippen molar-refractivity contribution in [3.63, 3.8) is 0 Å². The number of anilines is 3. The molecule has 0 radical (unpaired) electrons. The standard InChI is InChI=1S/C22H20F2N4O/c23-17-4-6-20(7-5-17)27-8-10-28(11-9-27)21-12-16(14-25-15-21)22(29)26-19-3-1-2-18(24)13-19/h1-7,12-15H,8-11H2,(H,26,29). The number of benzene rings is 2. The van der Waals surface area contributed by atoms with Crippen molar-refractivity contribution in [1.82, 2.24) is 4.98 Å². The highest BCUT2D eigenvalue weighted by atomic mass is 19.1. The Morgan fingerprint density at radius 3 is 2.21 bits per heavy atom. The second-order valence-electron chi connectivity index (χ2n) is 6.85. The smallest absolute Gasteiger partial charge is 0.257 e. The van der Waals surface area contributed by atoms with Crippen LogP contribution in [0, 0.1) is 11.6 Å². The molecule has 1 N–H and O–H groups in total. The van der Waals surface area contributed by atoms with Gasteiger partial charge in [0.1, 0.15) is 11.6 Å². The van der Waals surface area contributed by atoms with Crippen LogP contribution in [0.2, 0.25) is 0 Å². The Hall–Kier alpha value is -3.48. The second kappa shape index (κ2) is 8.26. The van der Waals surface area contributed by atoms with Crippen LogP contribution in [0.25, 0.3) is 0 Å². The first kappa shape index (κ1) is 18.9. The molecule has 4 rings (SSSR count). The van der Waals surface area contributed by atoms with E-state index < -0.39 is 5.82 Å². The van der Waals surface area contributed by atoms with Gasteiger partial charge < -0.3 is 15.1 Å². The maximum absolute atomic E-state index is 13.3. The van der Waals surface area contributed by atoms with Crippen LogP contribution in [-0.2, 0) is 0 Å². The number of aromatic nitrogens is 1. The molecule has 2 heterocycles. The molecule has 0 saturated carbocycles. The number of nitrogens with one attached hydrogen (secondary N) is 1. The minimum atomic E-state index is -0.409. The van der Waals surface area contributed by atoms with Gasteiger partial charge in [0, 0.05) is 43.8 Å². The number of piperazine rings is 1. The molecule has 0 aliphatic carbocycles. The van der Waals surface area contributed by atoms with Crippen molar-refractivity contribution < 1.29 is 13.6 Å². The molecular weight excluding hydrogens is 374 g/mol. The van der Waals surface area contributed by atoms with Crippen LogP contribution in [0.1, 0.15) is 10.4 Å². The van der Waals surface area contributed by atoms with E-state index in [4.69, 9.17) is 0 Å². The maximum Gasteiger partial charge on any atom is 0.257 e. The van der Waals surface area contributed by atoms with Gasteiger partial charge in [-0.3, -0.25) is 9.78 Å². The van der Waals surface area contributed by atoms with Crippen LogP contribution >= 0.6 is 0 Å². The van der Waals surface area contributed by atoms with E-state index in [2.05, 4.69) is 20.1 Å². The van der Waals surface area contributed by atoms with Gasteiger partial charge in [-0.2, -0.15) is 0 Å². The van der Waals surface area contributed by atoms with E-state index in [1.165, 1.54) is 30.5 Å². The van der Waals surface area contributed by atoms with Crippen molar-refractivity contribution in [1.29, 1.82) is 0 Å². The van der Waals surface area contributed by atoms with E-state index in [0.717, 1.165) is 37.6 Å². The summed E-state index contributed by atoms with van der Waals surface area (Å²) in [5, 5.41) is 2.69. The van der Waals surface area contributed by atoms with E-state index in [1.807, 2.05) is 0 Å². The molecule has 7 heteroatoms. The minimum absolute atomic E-state index is 0.244. The van der Waals surface area contributed by atoms with Gasteiger partial charge in [0.05, 0.1) is 17.4 Å². The van der Waals surface area contributed by atoms with Crippen molar-refractivity contribution in [2.45, 2.75) is 0 Å². The van der Waals surface area contributed by atoms with Crippen LogP contribution in [0.15, 0.2) is 67.0 Å². The third-order valence-electron chi connectivity index (χ3n) is 4.91.